The van der Waals surface area contributed by atoms with Gasteiger partial charge in [-0.1, -0.05) is 17.7 Å². The second-order valence-corrected chi connectivity index (χ2v) is 4.64. The van der Waals surface area contributed by atoms with Gasteiger partial charge in [-0.05, 0) is 24.3 Å². The quantitative estimate of drug-likeness (QED) is 0.828. The molecule has 0 unspecified atom stereocenters. The Bertz CT molecular complexity index is 602. The summed E-state index contributed by atoms with van der Waals surface area (Å²) in [5, 5.41) is 3.94. The Morgan fingerprint density at radius 2 is 1.85 bits per heavy atom. The van der Waals surface area contributed by atoms with Crippen LogP contribution in [0.4, 0.5) is 11.4 Å². The lowest BCUT2D eigenvalue weighted by molar-refractivity contribution is 0.410. The van der Waals surface area contributed by atoms with Crippen molar-refractivity contribution in [1.29, 1.82) is 0 Å². The molecule has 4 nitrogen and oxygen atoms in total. The number of hydrogen-bond acceptors (Lipinski definition) is 4. The highest BCUT2D eigenvalue weighted by molar-refractivity contribution is 6.31. The lowest BCUT2D eigenvalue weighted by Crippen LogP contribution is -2.03. The molecule has 0 aliphatic rings. The minimum absolute atomic E-state index is 0.552. The standard InChI is InChI=1S/C15H17ClN2O2/c1-19-14-5-3-4-12(16)11(14)9-18-10-6-7-13(17)15(8-10)20-2/h3-8,18H,9,17H2,1-2H3. The van der Waals surface area contributed by atoms with Crippen molar-refractivity contribution in [1.82, 2.24) is 0 Å². The van der Waals surface area contributed by atoms with E-state index in [0.29, 0.717) is 23.0 Å². The molecule has 2 aromatic rings. The maximum Gasteiger partial charge on any atom is 0.143 e. The lowest BCUT2D eigenvalue weighted by atomic mass is 10.2. The van der Waals surface area contributed by atoms with Gasteiger partial charge in [-0.2, -0.15) is 0 Å². The highest BCUT2D eigenvalue weighted by Crippen LogP contribution is 2.29. The van der Waals surface area contributed by atoms with Gasteiger partial charge >= 0.3 is 0 Å². The Hall–Kier alpha value is -2.07. The number of nitrogen functional groups attached to an aromatic ring is 1. The predicted molar refractivity (Wildman–Crippen MR) is 82.7 cm³/mol. The Labute approximate surface area is 123 Å². The first-order chi connectivity index (χ1) is 9.65. The van der Waals surface area contributed by atoms with Crippen LogP contribution in [0.25, 0.3) is 0 Å². The van der Waals surface area contributed by atoms with Gasteiger partial charge in [0.1, 0.15) is 11.5 Å². The first kappa shape index (κ1) is 14.3. The Morgan fingerprint density at radius 3 is 2.55 bits per heavy atom. The van der Waals surface area contributed by atoms with Crippen LogP contribution in [-0.2, 0) is 6.54 Å². The van der Waals surface area contributed by atoms with E-state index in [9.17, 15) is 0 Å². The minimum Gasteiger partial charge on any atom is -0.496 e. The van der Waals surface area contributed by atoms with Crippen LogP contribution in [0.15, 0.2) is 36.4 Å². The zero-order valence-corrected chi connectivity index (χ0v) is 12.2. The fraction of sp³-hybridized carbons (Fsp3) is 0.200. The van der Waals surface area contributed by atoms with Crippen molar-refractivity contribution in [3.05, 3.63) is 47.0 Å². The summed E-state index contributed by atoms with van der Waals surface area (Å²) in [6.07, 6.45) is 0. The summed E-state index contributed by atoms with van der Waals surface area (Å²) in [7, 11) is 3.22. The van der Waals surface area contributed by atoms with Crippen LogP contribution >= 0.6 is 11.6 Å². The average Bonchev–Trinajstić information content (AvgIpc) is 2.47. The number of anilines is 2. The van der Waals surface area contributed by atoms with Crippen LogP contribution < -0.4 is 20.5 Å². The number of ether oxygens (including phenoxy) is 2. The highest BCUT2D eigenvalue weighted by Gasteiger charge is 2.08. The molecule has 20 heavy (non-hydrogen) atoms. The molecule has 0 fully saturated rings. The molecule has 2 aromatic carbocycles. The fourth-order valence-electron chi connectivity index (χ4n) is 1.91. The summed E-state index contributed by atoms with van der Waals surface area (Å²) < 4.78 is 10.5. The number of rotatable bonds is 5. The lowest BCUT2D eigenvalue weighted by Gasteiger charge is -2.13. The van der Waals surface area contributed by atoms with Crippen LogP contribution in [0.5, 0.6) is 11.5 Å². The third-order valence-corrected chi connectivity index (χ3v) is 3.35. The molecule has 0 bridgehead atoms. The molecule has 0 heterocycles. The summed E-state index contributed by atoms with van der Waals surface area (Å²) in [4.78, 5) is 0. The molecule has 5 heteroatoms. The summed E-state index contributed by atoms with van der Waals surface area (Å²) in [5.74, 6) is 1.40. The average molecular weight is 293 g/mol. The molecule has 3 N–H and O–H groups in total. The van der Waals surface area contributed by atoms with Gasteiger partial charge < -0.3 is 20.5 Å². The van der Waals surface area contributed by atoms with Gasteiger partial charge in [-0.15, -0.1) is 0 Å². The van der Waals surface area contributed by atoms with Gasteiger partial charge in [-0.3, -0.25) is 0 Å². The van der Waals surface area contributed by atoms with E-state index in [1.807, 2.05) is 30.3 Å². The zero-order chi connectivity index (χ0) is 14.5. The smallest absolute Gasteiger partial charge is 0.143 e. The molecule has 0 aliphatic carbocycles. The van der Waals surface area contributed by atoms with Crippen LogP contribution in [0.1, 0.15) is 5.56 Å². The second kappa shape index (κ2) is 6.39. The molecule has 106 valence electrons. The third kappa shape index (κ3) is 3.08. The maximum atomic E-state index is 6.19. The molecule has 0 saturated carbocycles. The molecular formula is C15H17ClN2O2. The Kier molecular flexibility index (Phi) is 4.58. The second-order valence-electron chi connectivity index (χ2n) is 4.23. The molecular weight excluding hydrogens is 276 g/mol. The van der Waals surface area contributed by atoms with Crippen molar-refractivity contribution in [2.75, 3.05) is 25.3 Å². The van der Waals surface area contributed by atoms with Crippen molar-refractivity contribution >= 4 is 23.0 Å². The van der Waals surface area contributed by atoms with Crippen molar-refractivity contribution in [2.24, 2.45) is 0 Å². The maximum absolute atomic E-state index is 6.19. The summed E-state index contributed by atoms with van der Waals surface area (Å²) in [5.41, 5.74) is 8.20. The molecule has 0 atom stereocenters. The predicted octanol–water partition coefficient (Wildman–Crippen LogP) is 3.55. The molecule has 0 aliphatic heterocycles. The molecule has 0 saturated heterocycles. The first-order valence-electron chi connectivity index (χ1n) is 6.14. The minimum atomic E-state index is 0.552. The fourth-order valence-corrected chi connectivity index (χ4v) is 2.15. The van der Waals surface area contributed by atoms with Crippen molar-refractivity contribution in [3.63, 3.8) is 0 Å². The van der Waals surface area contributed by atoms with E-state index in [1.54, 1.807) is 20.3 Å². The van der Waals surface area contributed by atoms with Gasteiger partial charge in [0.2, 0.25) is 0 Å². The molecule has 2 rings (SSSR count). The monoisotopic (exact) mass is 292 g/mol. The van der Waals surface area contributed by atoms with Crippen LogP contribution in [0.2, 0.25) is 5.02 Å². The van der Waals surface area contributed by atoms with E-state index in [4.69, 9.17) is 26.8 Å². The van der Waals surface area contributed by atoms with E-state index in [1.165, 1.54) is 0 Å². The van der Waals surface area contributed by atoms with Crippen LogP contribution in [0.3, 0.4) is 0 Å². The SMILES string of the molecule is COc1cc(NCc2c(Cl)cccc2OC)ccc1N. The Morgan fingerprint density at radius 1 is 1.10 bits per heavy atom. The van der Waals surface area contributed by atoms with Gasteiger partial charge in [0.25, 0.3) is 0 Å². The van der Waals surface area contributed by atoms with E-state index in [-0.39, 0.29) is 0 Å². The normalized spacial score (nSPS) is 10.2. The topological polar surface area (TPSA) is 56.5 Å². The first-order valence-corrected chi connectivity index (χ1v) is 6.52. The molecule has 0 radical (unpaired) electrons. The van der Waals surface area contributed by atoms with Crippen molar-refractivity contribution < 1.29 is 9.47 Å². The number of nitrogens with one attached hydrogen (secondary N) is 1. The summed E-state index contributed by atoms with van der Waals surface area (Å²) in [6, 6.07) is 11.1. The van der Waals surface area contributed by atoms with E-state index < -0.39 is 0 Å². The highest BCUT2D eigenvalue weighted by atomic mass is 35.5. The van der Waals surface area contributed by atoms with Crippen LogP contribution in [-0.4, -0.2) is 14.2 Å². The molecule has 0 amide bonds. The molecule has 0 spiro atoms. The molecule has 0 aromatic heterocycles. The van der Waals surface area contributed by atoms with Gasteiger partial charge in [-0.25, -0.2) is 0 Å². The number of halogens is 1. The number of benzene rings is 2. The van der Waals surface area contributed by atoms with E-state index in [0.717, 1.165) is 17.0 Å². The number of nitrogens with two attached hydrogens (primary N) is 1. The Balaban J connectivity index is 2.17. The zero-order valence-electron chi connectivity index (χ0n) is 11.4. The number of methoxy groups -OCH3 is 2. The van der Waals surface area contributed by atoms with Gasteiger partial charge in [0.15, 0.2) is 0 Å². The van der Waals surface area contributed by atoms with Crippen LogP contribution in [0, 0.1) is 0 Å². The third-order valence-electron chi connectivity index (χ3n) is 3.00. The summed E-state index contributed by atoms with van der Waals surface area (Å²) >= 11 is 6.19. The van der Waals surface area contributed by atoms with Gasteiger partial charge in [0, 0.05) is 28.9 Å². The van der Waals surface area contributed by atoms with Gasteiger partial charge in [0.05, 0.1) is 19.9 Å². The van der Waals surface area contributed by atoms with E-state index >= 15 is 0 Å². The summed E-state index contributed by atoms with van der Waals surface area (Å²) in [6.45, 7) is 0.552. The number of hydrogen-bond donors (Lipinski definition) is 2. The largest absolute Gasteiger partial charge is 0.496 e. The van der Waals surface area contributed by atoms with Crippen molar-refractivity contribution in [2.45, 2.75) is 6.54 Å². The van der Waals surface area contributed by atoms with Crippen molar-refractivity contribution in [3.8, 4) is 11.5 Å². The van der Waals surface area contributed by atoms with E-state index in [2.05, 4.69) is 5.32 Å².